The Balaban J connectivity index is 1.81. The van der Waals surface area contributed by atoms with E-state index in [0.29, 0.717) is 19.1 Å². The Hall–Kier alpha value is -1.66. The molecule has 0 spiro atoms. The van der Waals surface area contributed by atoms with Crippen LogP contribution in [0.4, 0.5) is 0 Å². The minimum absolute atomic E-state index is 0.0204. The number of unbranched alkanes of at least 4 members (excludes halogenated alkanes) is 2. The van der Waals surface area contributed by atoms with E-state index in [4.69, 9.17) is 30.9 Å². The first-order chi connectivity index (χ1) is 16.3. The summed E-state index contributed by atoms with van der Waals surface area (Å²) in [5.74, 6) is -0.120. The zero-order chi connectivity index (χ0) is 24.9. The third kappa shape index (κ3) is 9.91. The Kier molecular flexibility index (Phi) is 12.9. The van der Waals surface area contributed by atoms with Crippen molar-refractivity contribution < 1.29 is 24.1 Å². The number of hydrogen-bond acceptors (Lipinski definition) is 5. The van der Waals surface area contributed by atoms with Crippen LogP contribution in [0.1, 0.15) is 75.8 Å². The second kappa shape index (κ2) is 15.4. The fraction of sp³-hybridized carbons (Fsp3) is 0.607. The largest absolute Gasteiger partial charge is 0.459 e. The number of esters is 1. The first-order valence-electron chi connectivity index (χ1n) is 12.5. The lowest BCUT2D eigenvalue weighted by Crippen LogP contribution is -2.31. The number of aliphatic hydroxyl groups is 1. The zero-order valence-corrected chi connectivity index (χ0v) is 21.6. The average molecular weight is 493 g/mol. The molecule has 6 heteroatoms. The second-order valence-electron chi connectivity index (χ2n) is 9.37. The van der Waals surface area contributed by atoms with Gasteiger partial charge in [-0.25, -0.2) is 4.79 Å². The highest BCUT2D eigenvalue weighted by Gasteiger charge is 2.25. The molecular weight excluding hydrogens is 452 g/mol. The molecule has 1 fully saturated rings. The predicted molar refractivity (Wildman–Crippen MR) is 137 cm³/mol. The monoisotopic (exact) mass is 492 g/mol. The van der Waals surface area contributed by atoms with Gasteiger partial charge >= 0.3 is 5.97 Å². The zero-order valence-electron chi connectivity index (χ0n) is 20.8. The summed E-state index contributed by atoms with van der Waals surface area (Å²) in [6.07, 6.45) is 8.48. The van der Waals surface area contributed by atoms with E-state index in [2.05, 4.69) is 38.3 Å². The van der Waals surface area contributed by atoms with Crippen molar-refractivity contribution in [1.29, 1.82) is 0 Å². The Labute approximate surface area is 210 Å². The number of carbonyl (C=O) groups excluding carboxylic acids is 1. The van der Waals surface area contributed by atoms with Gasteiger partial charge in [-0.3, -0.25) is 0 Å². The molecule has 5 nitrogen and oxygen atoms in total. The maximum atomic E-state index is 11.8. The first-order valence-corrected chi connectivity index (χ1v) is 12.8. The lowest BCUT2D eigenvalue weighted by atomic mass is 9.82. The van der Waals surface area contributed by atoms with Gasteiger partial charge in [-0.2, -0.15) is 0 Å². The summed E-state index contributed by atoms with van der Waals surface area (Å²) in [4.78, 5) is 11.8. The van der Waals surface area contributed by atoms with Gasteiger partial charge in [0, 0.05) is 5.02 Å². The van der Waals surface area contributed by atoms with Gasteiger partial charge in [0.1, 0.15) is 12.7 Å². The van der Waals surface area contributed by atoms with E-state index in [1.165, 1.54) is 30.4 Å². The van der Waals surface area contributed by atoms with Gasteiger partial charge in [-0.05, 0) is 68.6 Å². The van der Waals surface area contributed by atoms with Gasteiger partial charge in [0.15, 0.2) is 0 Å². The molecule has 0 bridgehead atoms. The van der Waals surface area contributed by atoms with Crippen LogP contribution in [0.3, 0.4) is 0 Å². The van der Waals surface area contributed by atoms with Crippen LogP contribution >= 0.6 is 11.6 Å². The van der Waals surface area contributed by atoms with Crippen molar-refractivity contribution in [2.75, 3.05) is 26.4 Å². The van der Waals surface area contributed by atoms with Crippen molar-refractivity contribution in [2.45, 2.75) is 83.3 Å². The molecule has 2 rings (SSSR count). The van der Waals surface area contributed by atoms with Crippen molar-refractivity contribution in [2.24, 2.45) is 0 Å². The summed E-state index contributed by atoms with van der Waals surface area (Å²) in [6.45, 7) is 11.7. The van der Waals surface area contributed by atoms with Crippen LogP contribution in [0, 0.1) is 0 Å². The van der Waals surface area contributed by atoms with Crippen molar-refractivity contribution in [3.8, 4) is 0 Å². The number of halogens is 1. The van der Waals surface area contributed by atoms with E-state index in [1.54, 1.807) is 0 Å². The predicted octanol–water partition coefficient (Wildman–Crippen LogP) is 6.17. The number of aryl methyl sites for hydroxylation is 1. The second-order valence-corrected chi connectivity index (χ2v) is 9.77. The molecule has 0 aliphatic heterocycles. The van der Waals surface area contributed by atoms with Gasteiger partial charge in [0.05, 0.1) is 31.5 Å². The standard InChI is InChI=1S/C28H41ClO5/c1-5-6-7-8-23-9-10-24(15-27(23)29)22-11-13-25(14-12-22)33-18-26(32-17-20(2)3)19-34-28(31)21(4)16-30/h9-10,15,22,25-26,30H,2,4-8,11-14,16-19H2,1,3H3. The molecule has 1 atom stereocenters. The molecule has 190 valence electrons. The van der Waals surface area contributed by atoms with Crippen LogP contribution in [-0.4, -0.2) is 49.7 Å². The van der Waals surface area contributed by atoms with E-state index >= 15 is 0 Å². The Morgan fingerprint density at radius 1 is 1.18 bits per heavy atom. The maximum absolute atomic E-state index is 11.8. The lowest BCUT2D eigenvalue weighted by Gasteiger charge is -2.30. The van der Waals surface area contributed by atoms with Gasteiger partial charge in [0.2, 0.25) is 0 Å². The van der Waals surface area contributed by atoms with Crippen LogP contribution in [0.25, 0.3) is 0 Å². The van der Waals surface area contributed by atoms with Crippen molar-refractivity contribution >= 4 is 17.6 Å². The highest BCUT2D eigenvalue weighted by atomic mass is 35.5. The number of benzene rings is 1. The summed E-state index contributed by atoms with van der Waals surface area (Å²) in [7, 11) is 0. The maximum Gasteiger partial charge on any atom is 0.335 e. The molecule has 34 heavy (non-hydrogen) atoms. The molecule has 1 aromatic carbocycles. The molecule has 1 aliphatic carbocycles. The van der Waals surface area contributed by atoms with Crippen LogP contribution in [-0.2, 0) is 25.4 Å². The molecule has 1 N–H and O–H groups in total. The molecule has 0 aromatic heterocycles. The minimum Gasteiger partial charge on any atom is -0.459 e. The molecule has 0 heterocycles. The number of ether oxygens (including phenoxy) is 3. The van der Waals surface area contributed by atoms with Crippen LogP contribution < -0.4 is 0 Å². The number of aliphatic hydroxyl groups excluding tert-OH is 1. The normalized spacial score (nSPS) is 18.9. The van der Waals surface area contributed by atoms with Crippen molar-refractivity contribution in [1.82, 2.24) is 0 Å². The fourth-order valence-corrected chi connectivity index (χ4v) is 4.42. The van der Waals surface area contributed by atoms with Crippen LogP contribution in [0.15, 0.2) is 42.5 Å². The van der Waals surface area contributed by atoms with E-state index in [1.807, 2.05) is 6.92 Å². The van der Waals surface area contributed by atoms with Crippen LogP contribution in [0.5, 0.6) is 0 Å². The van der Waals surface area contributed by atoms with E-state index < -0.39 is 18.7 Å². The molecule has 1 unspecified atom stereocenters. The quantitative estimate of drug-likeness (QED) is 0.137. The van der Waals surface area contributed by atoms with Crippen LogP contribution in [0.2, 0.25) is 5.02 Å². The van der Waals surface area contributed by atoms with Gasteiger partial charge in [-0.1, -0.05) is 62.2 Å². The molecular formula is C28H41ClO5. The van der Waals surface area contributed by atoms with Gasteiger partial charge in [0.25, 0.3) is 0 Å². The summed E-state index contributed by atoms with van der Waals surface area (Å²) in [5.41, 5.74) is 3.47. The highest BCUT2D eigenvalue weighted by molar-refractivity contribution is 6.31. The third-order valence-electron chi connectivity index (χ3n) is 6.24. The Bertz CT molecular complexity index is 798. The minimum atomic E-state index is -0.623. The first kappa shape index (κ1) is 28.6. The van der Waals surface area contributed by atoms with E-state index in [0.717, 1.165) is 42.7 Å². The summed E-state index contributed by atoms with van der Waals surface area (Å²) in [5, 5.41) is 9.91. The summed E-state index contributed by atoms with van der Waals surface area (Å²) < 4.78 is 17.1. The summed E-state index contributed by atoms with van der Waals surface area (Å²) >= 11 is 6.57. The van der Waals surface area contributed by atoms with Gasteiger partial charge in [-0.15, -0.1) is 0 Å². The van der Waals surface area contributed by atoms with E-state index in [-0.39, 0.29) is 18.3 Å². The number of hydrogen-bond donors (Lipinski definition) is 1. The average Bonchev–Trinajstić information content (AvgIpc) is 2.84. The van der Waals surface area contributed by atoms with E-state index in [9.17, 15) is 4.79 Å². The molecule has 0 amide bonds. The smallest absolute Gasteiger partial charge is 0.335 e. The van der Waals surface area contributed by atoms with Gasteiger partial charge < -0.3 is 19.3 Å². The molecule has 1 aliphatic rings. The lowest BCUT2D eigenvalue weighted by molar-refractivity contribution is -0.146. The molecule has 0 saturated heterocycles. The number of rotatable bonds is 15. The third-order valence-corrected chi connectivity index (χ3v) is 6.59. The highest BCUT2D eigenvalue weighted by Crippen LogP contribution is 2.36. The fourth-order valence-electron chi connectivity index (χ4n) is 4.13. The SMILES string of the molecule is C=C(C)COC(COC(=O)C(=C)CO)COC1CCC(c2ccc(CCCCC)c(Cl)c2)CC1. The number of carbonyl (C=O) groups is 1. The molecule has 1 saturated carbocycles. The molecule has 1 aromatic rings. The summed E-state index contributed by atoms with van der Waals surface area (Å²) in [6, 6.07) is 6.60. The molecule has 0 radical (unpaired) electrons. The Morgan fingerprint density at radius 3 is 2.53 bits per heavy atom. The van der Waals surface area contributed by atoms with Crippen molar-refractivity contribution in [3.63, 3.8) is 0 Å². The van der Waals surface area contributed by atoms with Crippen molar-refractivity contribution in [3.05, 3.63) is 58.7 Å². The topological polar surface area (TPSA) is 65.0 Å². The Morgan fingerprint density at radius 2 is 1.91 bits per heavy atom.